The normalized spacial score (nSPS) is 10.5. The largest absolute Gasteiger partial charge is 0.332 e. The molecule has 0 saturated carbocycles. The Morgan fingerprint density at radius 2 is 1.83 bits per heavy atom. The third kappa shape index (κ3) is 3.78. The summed E-state index contributed by atoms with van der Waals surface area (Å²) in [6, 6.07) is 13.7. The first-order valence-electron chi connectivity index (χ1n) is 7.39. The molecule has 0 aliphatic rings. The van der Waals surface area contributed by atoms with E-state index in [0.29, 0.717) is 21.4 Å². The summed E-state index contributed by atoms with van der Waals surface area (Å²) in [6.07, 6.45) is 0. The molecule has 1 amide bonds. The van der Waals surface area contributed by atoms with Crippen LogP contribution < -0.4 is 10.6 Å². The number of carbonyl (C=O) groups is 1. The van der Waals surface area contributed by atoms with Gasteiger partial charge in [0.15, 0.2) is 5.13 Å². The fourth-order valence-corrected chi connectivity index (χ4v) is 3.06. The van der Waals surface area contributed by atoms with E-state index in [1.807, 2.05) is 31.2 Å². The van der Waals surface area contributed by atoms with Gasteiger partial charge < -0.3 is 10.6 Å². The zero-order valence-electron chi connectivity index (χ0n) is 13.3. The third-order valence-corrected chi connectivity index (χ3v) is 4.46. The number of thiazole rings is 1. The van der Waals surface area contributed by atoms with Crippen LogP contribution in [0.1, 0.15) is 20.9 Å². The Bertz CT molecular complexity index is 874. The molecule has 0 saturated heterocycles. The van der Waals surface area contributed by atoms with Crippen LogP contribution in [0.3, 0.4) is 0 Å². The summed E-state index contributed by atoms with van der Waals surface area (Å²) >= 11 is 1.26. The summed E-state index contributed by atoms with van der Waals surface area (Å²) in [7, 11) is 0. The van der Waals surface area contributed by atoms with Gasteiger partial charge in [0.25, 0.3) is 5.91 Å². The summed E-state index contributed by atoms with van der Waals surface area (Å²) in [4.78, 5) is 17.2. The Kier molecular flexibility index (Phi) is 4.57. The first-order chi connectivity index (χ1) is 11.5. The number of hydrogen-bond donors (Lipinski definition) is 2. The molecule has 0 spiro atoms. The molecule has 24 heavy (non-hydrogen) atoms. The van der Waals surface area contributed by atoms with Crippen molar-refractivity contribution in [2.75, 3.05) is 10.6 Å². The van der Waals surface area contributed by atoms with Crippen LogP contribution in [0.25, 0.3) is 0 Å². The van der Waals surface area contributed by atoms with Crippen LogP contribution in [-0.4, -0.2) is 10.9 Å². The molecule has 0 bridgehead atoms. The minimum atomic E-state index is -0.393. The van der Waals surface area contributed by atoms with Crippen molar-refractivity contribution in [2.45, 2.75) is 13.8 Å². The van der Waals surface area contributed by atoms with E-state index in [1.165, 1.54) is 29.0 Å². The maximum Gasteiger partial charge on any atom is 0.267 e. The molecule has 3 aromatic rings. The van der Waals surface area contributed by atoms with Crippen LogP contribution in [0.15, 0.2) is 48.5 Å². The molecule has 0 radical (unpaired) electrons. The molecule has 1 heterocycles. The number of nitrogens with one attached hydrogen (secondary N) is 2. The van der Waals surface area contributed by atoms with Crippen molar-refractivity contribution in [2.24, 2.45) is 0 Å². The number of anilines is 3. The van der Waals surface area contributed by atoms with Crippen molar-refractivity contribution >= 4 is 33.8 Å². The second-order valence-corrected chi connectivity index (χ2v) is 6.39. The van der Waals surface area contributed by atoms with Crippen LogP contribution in [0.5, 0.6) is 0 Å². The standard InChI is InChI=1S/C18H16FN3OS/c1-11-6-8-14(9-7-11)22-18-20-12(2)16(24-18)17(23)21-15-5-3-4-13(19)10-15/h3-10H,1-2H3,(H,20,22)(H,21,23). The van der Waals surface area contributed by atoms with Gasteiger partial charge in [-0.3, -0.25) is 4.79 Å². The summed E-state index contributed by atoms with van der Waals surface area (Å²) in [5.74, 6) is -0.692. The first kappa shape index (κ1) is 16.1. The van der Waals surface area contributed by atoms with Crippen LogP contribution in [0, 0.1) is 19.7 Å². The molecule has 2 N–H and O–H groups in total. The number of benzene rings is 2. The zero-order valence-corrected chi connectivity index (χ0v) is 14.1. The van der Waals surface area contributed by atoms with Gasteiger partial charge in [-0.15, -0.1) is 0 Å². The molecule has 122 valence electrons. The highest BCUT2D eigenvalue weighted by molar-refractivity contribution is 7.17. The van der Waals surface area contributed by atoms with Gasteiger partial charge >= 0.3 is 0 Å². The van der Waals surface area contributed by atoms with Crippen molar-refractivity contribution < 1.29 is 9.18 Å². The molecular weight excluding hydrogens is 325 g/mol. The Morgan fingerprint density at radius 1 is 1.08 bits per heavy atom. The number of carbonyl (C=O) groups excluding carboxylic acids is 1. The second-order valence-electron chi connectivity index (χ2n) is 5.39. The molecule has 0 aliphatic heterocycles. The predicted molar refractivity (Wildman–Crippen MR) is 95.7 cm³/mol. The van der Waals surface area contributed by atoms with Crippen molar-refractivity contribution in [3.8, 4) is 0 Å². The van der Waals surface area contributed by atoms with Gasteiger partial charge in [-0.25, -0.2) is 9.37 Å². The van der Waals surface area contributed by atoms with Gasteiger partial charge in [0.1, 0.15) is 10.7 Å². The first-order valence-corrected chi connectivity index (χ1v) is 8.21. The van der Waals surface area contributed by atoms with Gasteiger partial charge in [0.05, 0.1) is 5.69 Å². The fraction of sp³-hybridized carbons (Fsp3) is 0.111. The van der Waals surface area contributed by atoms with Gasteiger partial charge in [0, 0.05) is 11.4 Å². The average Bonchev–Trinajstić information content (AvgIpc) is 2.90. The van der Waals surface area contributed by atoms with Gasteiger partial charge in [-0.1, -0.05) is 35.1 Å². The number of amides is 1. The number of rotatable bonds is 4. The van der Waals surface area contributed by atoms with Crippen molar-refractivity contribution in [3.63, 3.8) is 0 Å². The molecule has 6 heteroatoms. The number of aryl methyl sites for hydroxylation is 2. The molecule has 3 rings (SSSR count). The molecule has 0 aliphatic carbocycles. The van der Waals surface area contributed by atoms with Crippen molar-refractivity contribution in [3.05, 3.63) is 70.5 Å². The molecule has 0 atom stereocenters. The molecule has 4 nitrogen and oxygen atoms in total. The summed E-state index contributed by atoms with van der Waals surface area (Å²) in [5, 5.41) is 6.52. The van der Waals surface area contributed by atoms with Crippen molar-refractivity contribution in [1.82, 2.24) is 4.98 Å². The number of hydrogen-bond acceptors (Lipinski definition) is 4. The van der Waals surface area contributed by atoms with E-state index in [4.69, 9.17) is 0 Å². The third-order valence-electron chi connectivity index (χ3n) is 3.39. The number of nitrogens with zero attached hydrogens (tertiary/aromatic N) is 1. The van der Waals surface area contributed by atoms with E-state index in [9.17, 15) is 9.18 Å². The van der Waals surface area contributed by atoms with E-state index >= 15 is 0 Å². The highest BCUT2D eigenvalue weighted by atomic mass is 32.1. The average molecular weight is 341 g/mol. The summed E-state index contributed by atoms with van der Waals surface area (Å²) in [5.41, 5.74) is 3.13. The van der Waals surface area contributed by atoms with E-state index in [0.717, 1.165) is 5.69 Å². The van der Waals surface area contributed by atoms with Crippen LogP contribution in [-0.2, 0) is 0 Å². The van der Waals surface area contributed by atoms with E-state index in [2.05, 4.69) is 15.6 Å². The second kappa shape index (κ2) is 6.80. The topological polar surface area (TPSA) is 54.0 Å². The van der Waals surface area contributed by atoms with Crippen molar-refractivity contribution in [1.29, 1.82) is 0 Å². The number of aromatic nitrogens is 1. The van der Waals surface area contributed by atoms with Gasteiger partial charge in [0.2, 0.25) is 0 Å². The molecule has 2 aromatic carbocycles. The lowest BCUT2D eigenvalue weighted by Gasteiger charge is -2.04. The maximum absolute atomic E-state index is 13.2. The lowest BCUT2D eigenvalue weighted by atomic mass is 10.2. The Balaban J connectivity index is 1.75. The smallest absolute Gasteiger partial charge is 0.267 e. The Labute approximate surface area is 143 Å². The SMILES string of the molecule is Cc1ccc(Nc2nc(C)c(C(=O)Nc3cccc(F)c3)s2)cc1. The monoisotopic (exact) mass is 341 g/mol. The quantitative estimate of drug-likeness (QED) is 0.710. The molecule has 0 unspecified atom stereocenters. The van der Waals surface area contributed by atoms with Gasteiger partial charge in [-0.05, 0) is 44.2 Å². The highest BCUT2D eigenvalue weighted by Gasteiger charge is 2.16. The predicted octanol–water partition coefficient (Wildman–Crippen LogP) is 4.89. The Hall–Kier alpha value is -2.73. The van der Waals surface area contributed by atoms with Crippen LogP contribution in [0.2, 0.25) is 0 Å². The van der Waals surface area contributed by atoms with E-state index < -0.39 is 5.82 Å². The molecule has 1 aromatic heterocycles. The highest BCUT2D eigenvalue weighted by Crippen LogP contribution is 2.26. The fourth-order valence-electron chi connectivity index (χ4n) is 2.18. The van der Waals surface area contributed by atoms with E-state index in [1.54, 1.807) is 19.1 Å². The minimum Gasteiger partial charge on any atom is -0.332 e. The minimum absolute atomic E-state index is 0.299. The van der Waals surface area contributed by atoms with Crippen LogP contribution in [0.4, 0.5) is 20.9 Å². The maximum atomic E-state index is 13.2. The summed E-state index contributed by atoms with van der Waals surface area (Å²) < 4.78 is 13.2. The Morgan fingerprint density at radius 3 is 2.54 bits per heavy atom. The zero-order chi connectivity index (χ0) is 17.1. The van der Waals surface area contributed by atoms with E-state index in [-0.39, 0.29) is 5.91 Å². The van der Waals surface area contributed by atoms with Crippen LogP contribution >= 0.6 is 11.3 Å². The molecular formula is C18H16FN3OS. The summed E-state index contributed by atoms with van der Waals surface area (Å²) in [6.45, 7) is 3.80. The lowest BCUT2D eigenvalue weighted by Crippen LogP contribution is -2.11. The lowest BCUT2D eigenvalue weighted by molar-refractivity contribution is 0.103. The van der Waals surface area contributed by atoms with Gasteiger partial charge in [-0.2, -0.15) is 0 Å². The number of halogens is 1. The molecule has 0 fully saturated rings.